The lowest BCUT2D eigenvalue weighted by Crippen LogP contribution is -2.02. The van der Waals surface area contributed by atoms with Crippen molar-refractivity contribution < 1.29 is 0 Å². The fourth-order valence-corrected chi connectivity index (χ4v) is 3.08. The van der Waals surface area contributed by atoms with Gasteiger partial charge in [0.2, 0.25) is 0 Å². The molecule has 3 rings (SSSR count). The number of hydrogen-bond donors (Lipinski definition) is 0. The average Bonchev–Trinajstić information content (AvgIpc) is 2.66. The highest BCUT2D eigenvalue weighted by Crippen LogP contribution is 2.28. The first kappa shape index (κ1) is 20.0. The molecule has 2 atom stereocenters. The molecule has 0 heterocycles. The first-order valence-electron chi connectivity index (χ1n) is 9.79. The number of rotatable bonds is 2. The van der Waals surface area contributed by atoms with E-state index in [0.29, 0.717) is 11.8 Å². The molecule has 1 aliphatic carbocycles. The van der Waals surface area contributed by atoms with E-state index in [0.717, 1.165) is 0 Å². The van der Waals surface area contributed by atoms with Crippen molar-refractivity contribution in [2.75, 3.05) is 0 Å². The van der Waals surface area contributed by atoms with Gasteiger partial charge in [-0.25, -0.2) is 0 Å². The number of aryl methyl sites for hydroxylation is 2. The molecule has 0 aliphatic heterocycles. The van der Waals surface area contributed by atoms with Crippen LogP contribution in [-0.4, -0.2) is 0 Å². The Balaban J connectivity index is 0.00000117. The van der Waals surface area contributed by atoms with Gasteiger partial charge in [-0.15, -0.1) is 0 Å². The third kappa shape index (κ3) is 4.85. The molecular weight excluding hydrogens is 312 g/mol. The second-order valence-corrected chi connectivity index (χ2v) is 6.98. The highest BCUT2D eigenvalue weighted by atomic mass is 14.1. The summed E-state index contributed by atoms with van der Waals surface area (Å²) in [5.74, 6) is 1.16. The van der Waals surface area contributed by atoms with Crippen LogP contribution in [0, 0.1) is 25.7 Å². The third-order valence-electron chi connectivity index (χ3n) is 5.02. The lowest BCUT2D eigenvalue weighted by molar-refractivity contribution is 0.558. The Kier molecular flexibility index (Phi) is 7.21. The maximum Gasteiger partial charge on any atom is -0.0152 e. The summed E-state index contributed by atoms with van der Waals surface area (Å²) in [5, 5.41) is 0. The smallest absolute Gasteiger partial charge is 0.0152 e. The summed E-state index contributed by atoms with van der Waals surface area (Å²) in [4.78, 5) is 0. The quantitative estimate of drug-likeness (QED) is 0.522. The van der Waals surface area contributed by atoms with Gasteiger partial charge in [-0.05, 0) is 53.5 Å². The van der Waals surface area contributed by atoms with Gasteiger partial charge in [-0.2, -0.15) is 0 Å². The standard InChI is InChI=1S/C24H26.C2H6/c1-17-8-9-20(4)24(16-17)23-14-12-22(13-15-23)21-7-5-6-18(2)19(3)10-11-21;1-2/h5-16,18-19H,1-4H3;1-2H3/b6-5-,11-10-,21-7+;. The number of allylic oxidation sites excluding steroid dienone is 6. The number of benzene rings is 2. The minimum Gasteiger partial charge on any atom is -0.0811 e. The maximum absolute atomic E-state index is 2.32. The lowest BCUT2D eigenvalue weighted by Gasteiger charge is -2.14. The molecule has 0 saturated carbocycles. The van der Waals surface area contributed by atoms with E-state index >= 15 is 0 Å². The molecule has 26 heavy (non-hydrogen) atoms. The Morgan fingerprint density at radius 2 is 1.35 bits per heavy atom. The van der Waals surface area contributed by atoms with Gasteiger partial charge in [0.25, 0.3) is 0 Å². The van der Waals surface area contributed by atoms with Gasteiger partial charge in [0.15, 0.2) is 0 Å². The van der Waals surface area contributed by atoms with Crippen LogP contribution in [0.2, 0.25) is 0 Å². The Bertz CT molecular complexity index is 800. The van der Waals surface area contributed by atoms with E-state index < -0.39 is 0 Å². The number of hydrogen-bond acceptors (Lipinski definition) is 0. The van der Waals surface area contributed by atoms with Crippen molar-refractivity contribution in [1.82, 2.24) is 0 Å². The second kappa shape index (κ2) is 9.38. The van der Waals surface area contributed by atoms with Crippen LogP contribution in [0.15, 0.2) is 72.8 Å². The summed E-state index contributed by atoms with van der Waals surface area (Å²) in [6, 6.07) is 15.6. The summed E-state index contributed by atoms with van der Waals surface area (Å²) in [6.45, 7) is 12.9. The van der Waals surface area contributed by atoms with Crippen LogP contribution >= 0.6 is 0 Å². The van der Waals surface area contributed by atoms with Gasteiger partial charge in [-0.1, -0.05) is 106 Å². The molecule has 0 amide bonds. The van der Waals surface area contributed by atoms with Gasteiger partial charge in [0.1, 0.15) is 0 Å². The summed E-state index contributed by atoms with van der Waals surface area (Å²) in [5.41, 5.74) is 7.78. The first-order chi connectivity index (χ1) is 12.5. The highest BCUT2D eigenvalue weighted by Gasteiger charge is 2.08. The van der Waals surface area contributed by atoms with Crippen LogP contribution in [0.4, 0.5) is 0 Å². The van der Waals surface area contributed by atoms with Crippen molar-refractivity contribution in [3.63, 3.8) is 0 Å². The van der Waals surface area contributed by atoms with Crippen LogP contribution in [0.3, 0.4) is 0 Å². The summed E-state index contributed by atoms with van der Waals surface area (Å²) in [6.07, 6.45) is 11.3. The van der Waals surface area contributed by atoms with Crippen molar-refractivity contribution >= 4 is 5.57 Å². The topological polar surface area (TPSA) is 0 Å². The zero-order valence-corrected chi connectivity index (χ0v) is 17.1. The van der Waals surface area contributed by atoms with Gasteiger partial charge in [0, 0.05) is 0 Å². The molecule has 2 aromatic carbocycles. The monoisotopic (exact) mass is 344 g/mol. The summed E-state index contributed by atoms with van der Waals surface area (Å²) in [7, 11) is 0. The maximum atomic E-state index is 2.32. The van der Waals surface area contributed by atoms with Crippen molar-refractivity contribution in [2.24, 2.45) is 11.8 Å². The zero-order valence-electron chi connectivity index (χ0n) is 17.1. The molecule has 0 nitrogen and oxygen atoms in total. The van der Waals surface area contributed by atoms with E-state index in [-0.39, 0.29) is 0 Å². The minimum atomic E-state index is 0.569. The molecule has 0 spiro atoms. The van der Waals surface area contributed by atoms with Crippen molar-refractivity contribution in [1.29, 1.82) is 0 Å². The molecule has 0 radical (unpaired) electrons. The Labute approximate surface area is 160 Å². The predicted octanol–water partition coefficient (Wildman–Crippen LogP) is 7.78. The van der Waals surface area contributed by atoms with Crippen molar-refractivity contribution in [3.05, 3.63) is 89.5 Å². The average molecular weight is 345 g/mol. The molecule has 0 saturated heterocycles. The van der Waals surface area contributed by atoms with Crippen LogP contribution < -0.4 is 0 Å². The van der Waals surface area contributed by atoms with Crippen LogP contribution in [0.1, 0.15) is 44.4 Å². The van der Waals surface area contributed by atoms with Gasteiger partial charge in [-0.3, -0.25) is 0 Å². The lowest BCUT2D eigenvalue weighted by atomic mass is 9.91. The molecule has 136 valence electrons. The SMILES string of the molecule is CC.Cc1ccc(C)c(-c2ccc(C3=C/C=C\C(C)C(C)/C=C\3)cc2)c1. The molecule has 0 N–H and O–H groups in total. The van der Waals surface area contributed by atoms with Gasteiger partial charge < -0.3 is 0 Å². The Hall–Kier alpha value is -2.34. The van der Waals surface area contributed by atoms with Crippen molar-refractivity contribution in [3.8, 4) is 11.1 Å². The highest BCUT2D eigenvalue weighted by molar-refractivity contribution is 5.78. The largest absolute Gasteiger partial charge is 0.0811 e. The molecule has 0 aromatic heterocycles. The van der Waals surface area contributed by atoms with E-state index in [1.165, 1.54) is 33.4 Å². The minimum absolute atomic E-state index is 0.569. The van der Waals surface area contributed by atoms with Gasteiger partial charge in [0.05, 0.1) is 0 Å². The van der Waals surface area contributed by atoms with Gasteiger partial charge >= 0.3 is 0 Å². The fraction of sp³-hybridized carbons (Fsp3) is 0.308. The molecule has 1 aliphatic rings. The van der Waals surface area contributed by atoms with E-state index in [2.05, 4.69) is 101 Å². The van der Waals surface area contributed by atoms with E-state index in [1.807, 2.05) is 13.8 Å². The summed E-state index contributed by atoms with van der Waals surface area (Å²) >= 11 is 0. The molecule has 2 aromatic rings. The molecular formula is C26H32. The Morgan fingerprint density at radius 1 is 0.731 bits per heavy atom. The first-order valence-corrected chi connectivity index (χ1v) is 9.79. The van der Waals surface area contributed by atoms with E-state index in [1.54, 1.807) is 0 Å². The van der Waals surface area contributed by atoms with Crippen LogP contribution in [0.5, 0.6) is 0 Å². The molecule has 2 unspecified atom stereocenters. The third-order valence-corrected chi connectivity index (χ3v) is 5.02. The van der Waals surface area contributed by atoms with Crippen LogP contribution in [-0.2, 0) is 0 Å². The van der Waals surface area contributed by atoms with Crippen molar-refractivity contribution in [2.45, 2.75) is 41.5 Å². The zero-order chi connectivity index (χ0) is 19.1. The van der Waals surface area contributed by atoms with E-state index in [4.69, 9.17) is 0 Å². The normalized spacial score (nSPS) is 23.5. The fourth-order valence-electron chi connectivity index (χ4n) is 3.08. The van der Waals surface area contributed by atoms with E-state index in [9.17, 15) is 0 Å². The van der Waals surface area contributed by atoms with Crippen LogP contribution in [0.25, 0.3) is 16.7 Å². The predicted molar refractivity (Wildman–Crippen MR) is 117 cm³/mol. The molecule has 0 heteroatoms. The second-order valence-electron chi connectivity index (χ2n) is 6.98. The molecule has 0 bridgehead atoms. The summed E-state index contributed by atoms with van der Waals surface area (Å²) < 4.78 is 0. The molecule has 0 fully saturated rings. The Morgan fingerprint density at radius 3 is 2.04 bits per heavy atom.